The third-order valence-electron chi connectivity index (χ3n) is 15.1. The van der Waals surface area contributed by atoms with Gasteiger partial charge < -0.3 is 18.8 Å². The van der Waals surface area contributed by atoms with Gasteiger partial charge in [0.25, 0.3) is 24.0 Å². The summed E-state index contributed by atoms with van der Waals surface area (Å²) in [5, 5.41) is 14.8. The highest BCUT2D eigenvalue weighted by atomic mass is 79.9. The van der Waals surface area contributed by atoms with Gasteiger partial charge in [-0.05, 0) is 120 Å². The molecule has 7 heterocycles. The highest BCUT2D eigenvalue weighted by molar-refractivity contribution is 9.10. The van der Waals surface area contributed by atoms with Gasteiger partial charge in [0, 0.05) is 92.6 Å². The first kappa shape index (κ1) is 72.2. The zero-order valence-electron chi connectivity index (χ0n) is 49.8. The average Bonchev–Trinajstić information content (AvgIpc) is 1.12. The monoisotopic (exact) mass is 1420 g/mol. The molecule has 4 aromatic heterocycles. The lowest BCUT2D eigenvalue weighted by Gasteiger charge is -2.32. The highest BCUT2D eigenvalue weighted by Gasteiger charge is 2.52. The molecule has 3 aliphatic rings. The van der Waals surface area contributed by atoms with Crippen LogP contribution in [0, 0.1) is 23.3 Å². The molecule has 0 amide bonds. The third-order valence-corrected chi connectivity index (χ3v) is 18.6. The number of hydrogen-bond donors (Lipinski definition) is 2. The van der Waals surface area contributed by atoms with E-state index in [2.05, 4.69) is 45.8 Å². The van der Waals surface area contributed by atoms with Crippen molar-refractivity contribution in [1.82, 2.24) is 38.1 Å². The van der Waals surface area contributed by atoms with E-state index >= 15 is 4.39 Å². The third kappa shape index (κ3) is 15.7. The first-order valence-electron chi connectivity index (χ1n) is 27.0. The molecule has 0 bridgehead atoms. The first-order chi connectivity index (χ1) is 42.5. The molecular formula is C58H60BBrF8N10O10P2S2. The average molecular weight is 1430 g/mol. The summed E-state index contributed by atoms with van der Waals surface area (Å²) in [6.45, 7) is 7.57. The highest BCUT2D eigenvalue weighted by Crippen LogP contribution is 2.39. The summed E-state index contributed by atoms with van der Waals surface area (Å²) in [4.78, 5) is 25.7. The second kappa shape index (κ2) is 29.3. The lowest BCUT2D eigenvalue weighted by Crippen LogP contribution is -2.41. The van der Waals surface area contributed by atoms with Crippen LogP contribution < -0.4 is 35.5 Å². The van der Waals surface area contributed by atoms with Gasteiger partial charge >= 0.3 is 27.5 Å². The van der Waals surface area contributed by atoms with E-state index in [9.17, 15) is 57.2 Å². The Morgan fingerprint density at radius 1 is 0.587 bits per heavy atom. The van der Waals surface area contributed by atoms with Gasteiger partial charge in [-0.15, -0.1) is 10.2 Å². The molecule has 0 spiro atoms. The fraction of sp³-hybridized carbons (Fsp3) is 0.276. The lowest BCUT2D eigenvalue weighted by atomic mass is 9.78. The smallest absolute Gasteiger partial charge is 0.494 e. The summed E-state index contributed by atoms with van der Waals surface area (Å²) >= 11 is 3.11. The van der Waals surface area contributed by atoms with Crippen molar-refractivity contribution in [2.75, 3.05) is 36.8 Å². The molecule has 3 aliphatic heterocycles. The molecule has 34 heteroatoms. The van der Waals surface area contributed by atoms with Crippen LogP contribution in [0.25, 0.3) is 22.5 Å². The zero-order valence-corrected chi connectivity index (χ0v) is 55.9. The van der Waals surface area contributed by atoms with E-state index in [0.717, 1.165) is 30.3 Å². The minimum Gasteiger partial charge on any atom is -0.495 e. The summed E-state index contributed by atoms with van der Waals surface area (Å²) in [7, 11) is -5.91. The molecule has 0 saturated carbocycles. The Balaban J connectivity index is 0.000000205. The number of nitrogens with zero attached hydrogens (tertiary/aromatic N) is 8. The predicted octanol–water partition coefficient (Wildman–Crippen LogP) is 9.67. The maximum atomic E-state index is 15.4. The van der Waals surface area contributed by atoms with E-state index in [1.807, 2.05) is 27.7 Å². The maximum absolute atomic E-state index is 15.4. The molecule has 20 nitrogen and oxygen atoms in total. The van der Waals surface area contributed by atoms with E-state index in [-0.39, 0.29) is 109 Å². The van der Waals surface area contributed by atoms with E-state index in [1.54, 1.807) is 12.1 Å². The zero-order chi connectivity index (χ0) is 65.2. The van der Waals surface area contributed by atoms with Gasteiger partial charge in [0.2, 0.25) is 0 Å². The Kier molecular flexibility index (Phi) is 23.0. The van der Waals surface area contributed by atoms with E-state index in [0.29, 0.717) is 33.7 Å². The van der Waals surface area contributed by atoms with Crippen LogP contribution >= 0.6 is 35.7 Å². The Bertz CT molecular complexity index is 4360. The fourth-order valence-electron chi connectivity index (χ4n) is 9.79. The van der Waals surface area contributed by atoms with Gasteiger partial charge in [0.05, 0.1) is 52.4 Å². The van der Waals surface area contributed by atoms with Gasteiger partial charge in [0.15, 0.2) is 11.6 Å². The molecule has 2 atom stereocenters. The summed E-state index contributed by atoms with van der Waals surface area (Å²) in [6, 6.07) is 23.0. The minimum absolute atomic E-state index is 0. The molecule has 92 heavy (non-hydrogen) atoms. The normalized spacial score (nSPS) is 15.1. The van der Waals surface area contributed by atoms with Crippen molar-refractivity contribution >= 4 is 80.4 Å². The van der Waals surface area contributed by atoms with Crippen molar-refractivity contribution in [3.8, 4) is 34.0 Å². The van der Waals surface area contributed by atoms with Crippen LogP contribution in [0.2, 0.25) is 0 Å². The number of alkyl halides is 4. The van der Waals surface area contributed by atoms with Crippen LogP contribution in [0.1, 0.15) is 74.2 Å². The Labute approximate surface area is 538 Å². The van der Waals surface area contributed by atoms with Gasteiger partial charge in [-0.2, -0.15) is 55.4 Å². The Morgan fingerprint density at radius 2 is 1.03 bits per heavy atom. The number of hydrogen-bond acceptors (Lipinski definition) is 14. The first-order valence-corrected chi connectivity index (χ1v) is 30.7. The van der Waals surface area contributed by atoms with E-state index in [1.165, 1.54) is 111 Å². The molecule has 1 fully saturated rings. The van der Waals surface area contributed by atoms with E-state index < -0.39 is 91.5 Å². The SMILES string of the molecule is CC1(C)OB(c2ccc(C(F)F)c(F)c2)OC1(C)C.COc1cc(-c2ccc(C(F)F)c(F)c2)c(F)cc1-n1c2c(ccc1=O)CN(S(=O)(=O)Nc1cccnn1)CC2.COc1cc(Br)c(F)cc1-n1c2c(ccc1=O)CN(S(=O)(=O)Nc1cccnn1)CC2.P.P. The molecule has 1 saturated heterocycles. The van der Waals surface area contributed by atoms with Crippen LogP contribution in [0.4, 0.5) is 46.8 Å². The number of nitrogens with one attached hydrogen (secondary N) is 2. The summed E-state index contributed by atoms with van der Waals surface area (Å²) < 4.78 is 192. The minimum atomic E-state index is -4.00. The number of aromatic nitrogens is 6. The van der Waals surface area contributed by atoms with E-state index in [4.69, 9.17) is 18.8 Å². The van der Waals surface area contributed by atoms with Crippen LogP contribution in [0.15, 0.2) is 136 Å². The number of rotatable bonds is 14. The summed E-state index contributed by atoms with van der Waals surface area (Å²) in [5.41, 5.74) is -0.623. The van der Waals surface area contributed by atoms with Crippen LogP contribution in [0.5, 0.6) is 11.5 Å². The molecule has 4 aromatic carbocycles. The molecule has 11 rings (SSSR count). The quantitative estimate of drug-likeness (QED) is 0.0587. The molecule has 0 aliphatic carbocycles. The van der Waals surface area contributed by atoms with Crippen molar-refractivity contribution in [1.29, 1.82) is 0 Å². The van der Waals surface area contributed by atoms with Gasteiger partial charge in [-0.3, -0.25) is 28.2 Å². The molecule has 490 valence electrons. The van der Waals surface area contributed by atoms with Crippen molar-refractivity contribution in [2.24, 2.45) is 0 Å². The van der Waals surface area contributed by atoms with Crippen molar-refractivity contribution in [3.05, 3.63) is 204 Å². The second-order valence-corrected chi connectivity index (χ2v) is 25.4. The molecule has 0 radical (unpaired) electrons. The largest absolute Gasteiger partial charge is 0.495 e. The fourth-order valence-corrected chi connectivity index (χ4v) is 12.4. The number of ether oxygens (including phenoxy) is 2. The number of methoxy groups -OCH3 is 2. The molecule has 2 N–H and O–H groups in total. The van der Waals surface area contributed by atoms with Crippen LogP contribution in [-0.2, 0) is 55.7 Å². The Morgan fingerprint density at radius 3 is 1.46 bits per heavy atom. The van der Waals surface area contributed by atoms with Gasteiger partial charge in [-0.1, -0.05) is 30.3 Å². The number of halogens is 9. The number of pyridine rings is 2. The van der Waals surface area contributed by atoms with Gasteiger partial charge in [0.1, 0.15) is 34.8 Å². The van der Waals surface area contributed by atoms with Crippen LogP contribution in [0.3, 0.4) is 0 Å². The number of fused-ring (bicyclic) bond motifs is 2. The molecule has 2 unspecified atom stereocenters. The van der Waals surface area contributed by atoms with Crippen LogP contribution in [-0.4, -0.2) is 101 Å². The Hall–Kier alpha value is -7.28. The number of anilines is 2. The molecular weight excluding hydrogens is 1370 g/mol. The van der Waals surface area contributed by atoms with Crippen molar-refractivity contribution in [3.63, 3.8) is 0 Å². The maximum Gasteiger partial charge on any atom is 0.494 e. The van der Waals surface area contributed by atoms with Crippen molar-refractivity contribution < 1.29 is 70.7 Å². The van der Waals surface area contributed by atoms with Gasteiger partial charge in [-0.25, -0.2) is 35.1 Å². The molecule has 8 aromatic rings. The van der Waals surface area contributed by atoms with Crippen molar-refractivity contribution in [2.45, 2.75) is 77.7 Å². The summed E-state index contributed by atoms with van der Waals surface area (Å²) in [5.74, 6) is -3.01. The lowest BCUT2D eigenvalue weighted by molar-refractivity contribution is 0.00578. The summed E-state index contributed by atoms with van der Waals surface area (Å²) in [6.07, 6.45) is -2.66. The number of benzene rings is 4. The predicted molar refractivity (Wildman–Crippen MR) is 342 cm³/mol. The standard InChI is InChI=1S/C26H21F4N5O4S.C19H17BrFN5O4S.C13H16BF3O2.2H3P/c1-39-23-12-18(15-4-6-17(26(29)30)19(27)11-15)20(28)13-22(23)35-21-8-10-34(14-16(21)5-7-25(35)36)40(37,38)33-24-3-2-9-31-32-24;1-30-17-9-13(20)14(21)10-16(17)26-15-6-8-25(11-12(15)4-5-19(26)27)31(28,29)24-18-3-2-7-22-23-18;1-12(2)13(3,4)19-14(18-12)8-5-6-9(11(16)17)10(15)7-8;;/h2-7,9,11-13,26H,8,10,14H2,1H3,(H,32,33);2-5,7,9-10H,6,8,11H2,1H3,(H,23,24);5-7,11H,1-4H3;2*1H3. The second-order valence-electron chi connectivity index (χ2n) is 21.2. The topological polar surface area (TPSA) is 231 Å².